The van der Waals surface area contributed by atoms with Gasteiger partial charge in [-0.2, -0.15) is 0 Å². The minimum absolute atomic E-state index is 0.0650. The summed E-state index contributed by atoms with van der Waals surface area (Å²) in [5.41, 5.74) is 2.44. The molecule has 0 spiro atoms. The largest absolute Gasteiger partial charge is 0.497 e. The van der Waals surface area contributed by atoms with Gasteiger partial charge in [0, 0.05) is 24.8 Å². The minimum atomic E-state index is -0.0650. The minimum Gasteiger partial charge on any atom is -0.497 e. The summed E-state index contributed by atoms with van der Waals surface area (Å²) in [5.74, 6) is 2.55. The summed E-state index contributed by atoms with van der Waals surface area (Å²) in [5, 5.41) is 4.61. The highest BCUT2D eigenvalue weighted by atomic mass is 35.5. The summed E-state index contributed by atoms with van der Waals surface area (Å²) >= 11 is 6.45. The van der Waals surface area contributed by atoms with Crippen LogP contribution in [0.1, 0.15) is 18.4 Å². The standard InChI is InChI=1S/C27H26ClN3O4/c1-32-19-9-10-22(28)23(12-19)31-27-26-24(29-17-30-27)13-21(34-15-18-6-3-2-4-7-18)14-25(26)35-20-8-5-11-33-16-20/h2-4,6-7,9-10,12-14,17,20H,5,8,11,15-16H2,1H3,(H,29,30,31). The van der Waals surface area contributed by atoms with Crippen molar-refractivity contribution in [2.24, 2.45) is 0 Å². The van der Waals surface area contributed by atoms with Crippen molar-refractivity contribution in [2.75, 3.05) is 25.6 Å². The number of ether oxygens (including phenoxy) is 4. The average Bonchev–Trinajstić information content (AvgIpc) is 2.90. The van der Waals surface area contributed by atoms with Crippen molar-refractivity contribution in [3.63, 3.8) is 0 Å². The number of anilines is 2. The summed E-state index contributed by atoms with van der Waals surface area (Å²) < 4.78 is 23.5. The first kappa shape index (κ1) is 23.2. The maximum atomic E-state index is 6.45. The monoisotopic (exact) mass is 491 g/mol. The lowest BCUT2D eigenvalue weighted by atomic mass is 10.1. The van der Waals surface area contributed by atoms with Gasteiger partial charge >= 0.3 is 0 Å². The van der Waals surface area contributed by atoms with E-state index in [0.717, 1.165) is 30.4 Å². The van der Waals surface area contributed by atoms with Gasteiger partial charge in [-0.1, -0.05) is 41.9 Å². The third-order valence-electron chi connectivity index (χ3n) is 5.76. The molecule has 5 rings (SSSR count). The summed E-state index contributed by atoms with van der Waals surface area (Å²) in [6.45, 7) is 1.73. The Balaban J connectivity index is 1.52. The lowest BCUT2D eigenvalue weighted by Crippen LogP contribution is -2.28. The number of hydrogen-bond acceptors (Lipinski definition) is 7. The second-order valence-electron chi connectivity index (χ2n) is 8.24. The summed E-state index contributed by atoms with van der Waals surface area (Å²) in [6.07, 6.45) is 3.31. The first-order chi connectivity index (χ1) is 17.2. The van der Waals surface area contributed by atoms with Gasteiger partial charge in [0.1, 0.15) is 42.1 Å². The molecule has 0 bridgehead atoms. The zero-order chi connectivity index (χ0) is 24.0. The Hall–Kier alpha value is -3.55. The molecule has 2 heterocycles. The third-order valence-corrected chi connectivity index (χ3v) is 6.09. The number of rotatable bonds is 8. The number of methoxy groups -OCH3 is 1. The molecular formula is C27H26ClN3O4. The maximum absolute atomic E-state index is 6.45. The van der Waals surface area contributed by atoms with Crippen molar-refractivity contribution in [2.45, 2.75) is 25.6 Å². The molecule has 35 heavy (non-hydrogen) atoms. The fourth-order valence-corrected chi connectivity index (χ4v) is 4.14. The highest BCUT2D eigenvalue weighted by Gasteiger charge is 2.20. The highest BCUT2D eigenvalue weighted by Crippen LogP contribution is 2.38. The second-order valence-corrected chi connectivity index (χ2v) is 8.65. The van der Waals surface area contributed by atoms with Gasteiger partial charge < -0.3 is 24.3 Å². The molecule has 0 saturated carbocycles. The zero-order valence-electron chi connectivity index (χ0n) is 19.4. The van der Waals surface area contributed by atoms with Gasteiger partial charge in [-0.25, -0.2) is 9.97 Å². The predicted molar refractivity (Wildman–Crippen MR) is 136 cm³/mol. The topological polar surface area (TPSA) is 74.7 Å². The SMILES string of the molecule is COc1ccc(Cl)c(Nc2ncnc3cc(OCc4ccccc4)cc(OC4CCCOC4)c23)c1. The van der Waals surface area contributed by atoms with Crippen molar-refractivity contribution in [1.29, 1.82) is 0 Å². The van der Waals surface area contributed by atoms with Crippen LogP contribution in [0.15, 0.2) is 67.0 Å². The van der Waals surface area contributed by atoms with Crippen LogP contribution >= 0.6 is 11.6 Å². The second kappa shape index (κ2) is 10.8. The Labute approximate surface area is 209 Å². The lowest BCUT2D eigenvalue weighted by Gasteiger charge is -2.24. The molecule has 1 fully saturated rings. The molecule has 1 aliphatic heterocycles. The Morgan fingerprint density at radius 3 is 2.74 bits per heavy atom. The van der Waals surface area contributed by atoms with E-state index < -0.39 is 0 Å². The Morgan fingerprint density at radius 1 is 1.06 bits per heavy atom. The molecule has 0 amide bonds. The molecule has 4 aromatic rings. The zero-order valence-corrected chi connectivity index (χ0v) is 20.1. The molecule has 0 radical (unpaired) electrons. The molecular weight excluding hydrogens is 466 g/mol. The van der Waals surface area contributed by atoms with Gasteiger partial charge in [0.15, 0.2) is 0 Å². The number of hydrogen-bond donors (Lipinski definition) is 1. The maximum Gasteiger partial charge on any atom is 0.145 e. The van der Waals surface area contributed by atoms with E-state index in [4.69, 9.17) is 30.5 Å². The van der Waals surface area contributed by atoms with Crippen molar-refractivity contribution in [3.8, 4) is 17.2 Å². The van der Waals surface area contributed by atoms with Crippen molar-refractivity contribution in [3.05, 3.63) is 77.6 Å². The van der Waals surface area contributed by atoms with Crippen LogP contribution in [0.2, 0.25) is 5.02 Å². The van der Waals surface area contributed by atoms with Crippen LogP contribution < -0.4 is 19.5 Å². The molecule has 1 unspecified atom stereocenters. The fraction of sp³-hybridized carbons (Fsp3) is 0.259. The van der Waals surface area contributed by atoms with Crippen molar-refractivity contribution >= 4 is 34.0 Å². The summed E-state index contributed by atoms with van der Waals surface area (Å²) in [4.78, 5) is 9.01. The summed E-state index contributed by atoms with van der Waals surface area (Å²) in [6, 6.07) is 19.2. The van der Waals surface area contributed by atoms with E-state index in [0.29, 0.717) is 52.5 Å². The average molecular weight is 492 g/mol. The molecule has 1 saturated heterocycles. The molecule has 180 valence electrons. The van der Waals surface area contributed by atoms with Crippen LogP contribution in [0.25, 0.3) is 10.9 Å². The molecule has 7 nitrogen and oxygen atoms in total. The number of halogens is 1. The van der Waals surface area contributed by atoms with Crippen LogP contribution in [0.4, 0.5) is 11.5 Å². The van der Waals surface area contributed by atoms with Gasteiger partial charge in [0.25, 0.3) is 0 Å². The van der Waals surface area contributed by atoms with Gasteiger partial charge in [0.05, 0.1) is 35.3 Å². The van der Waals surface area contributed by atoms with E-state index in [1.165, 1.54) is 6.33 Å². The van der Waals surface area contributed by atoms with Crippen LogP contribution in [0.5, 0.6) is 17.2 Å². The van der Waals surface area contributed by atoms with Gasteiger partial charge in [-0.05, 0) is 30.5 Å². The first-order valence-corrected chi connectivity index (χ1v) is 11.9. The van der Waals surface area contributed by atoms with Gasteiger partial charge in [-0.3, -0.25) is 0 Å². The lowest BCUT2D eigenvalue weighted by molar-refractivity contribution is 0.00800. The fourth-order valence-electron chi connectivity index (χ4n) is 3.98. The molecule has 1 N–H and O–H groups in total. The van der Waals surface area contributed by atoms with Gasteiger partial charge in [-0.15, -0.1) is 0 Å². The van der Waals surface area contributed by atoms with E-state index >= 15 is 0 Å². The van der Waals surface area contributed by atoms with Crippen LogP contribution in [-0.4, -0.2) is 36.4 Å². The Morgan fingerprint density at radius 2 is 1.94 bits per heavy atom. The van der Waals surface area contributed by atoms with E-state index in [9.17, 15) is 0 Å². The highest BCUT2D eigenvalue weighted by molar-refractivity contribution is 6.33. The Kier molecular flexibility index (Phi) is 7.16. The smallest absolute Gasteiger partial charge is 0.145 e. The quantitative estimate of drug-likeness (QED) is 0.316. The number of aromatic nitrogens is 2. The first-order valence-electron chi connectivity index (χ1n) is 11.5. The Bertz CT molecular complexity index is 1300. The molecule has 0 aliphatic carbocycles. The summed E-state index contributed by atoms with van der Waals surface area (Å²) in [7, 11) is 1.61. The van der Waals surface area contributed by atoms with Crippen LogP contribution in [-0.2, 0) is 11.3 Å². The van der Waals surface area contributed by atoms with Crippen molar-refractivity contribution in [1.82, 2.24) is 9.97 Å². The van der Waals surface area contributed by atoms with Crippen LogP contribution in [0, 0.1) is 0 Å². The van der Waals surface area contributed by atoms with E-state index in [-0.39, 0.29) is 6.10 Å². The van der Waals surface area contributed by atoms with E-state index in [1.807, 2.05) is 48.5 Å². The van der Waals surface area contributed by atoms with E-state index in [1.54, 1.807) is 19.2 Å². The van der Waals surface area contributed by atoms with Crippen LogP contribution in [0.3, 0.4) is 0 Å². The molecule has 3 aromatic carbocycles. The third kappa shape index (κ3) is 5.58. The van der Waals surface area contributed by atoms with Crippen molar-refractivity contribution < 1.29 is 18.9 Å². The molecule has 1 aromatic heterocycles. The van der Waals surface area contributed by atoms with Gasteiger partial charge in [0.2, 0.25) is 0 Å². The molecule has 1 atom stereocenters. The number of nitrogens with zero attached hydrogens (tertiary/aromatic N) is 2. The predicted octanol–water partition coefficient (Wildman–Crippen LogP) is 6.17. The molecule has 8 heteroatoms. The number of fused-ring (bicyclic) bond motifs is 1. The molecule has 1 aliphatic rings. The normalized spacial score (nSPS) is 15.5. The number of benzene rings is 3. The number of nitrogens with one attached hydrogen (secondary N) is 1. The van der Waals surface area contributed by atoms with E-state index in [2.05, 4.69) is 15.3 Å².